The minimum atomic E-state index is -2.61. The molecule has 124 valence electrons. The van der Waals surface area contributed by atoms with Crippen LogP contribution in [-0.4, -0.2) is 53.3 Å². The van der Waals surface area contributed by atoms with E-state index in [0.717, 1.165) is 12.8 Å². The van der Waals surface area contributed by atoms with E-state index >= 15 is 0 Å². The number of hydrogen-bond acceptors (Lipinski definition) is 6. The summed E-state index contributed by atoms with van der Waals surface area (Å²) >= 11 is -2.61. The molecule has 0 aliphatic rings. The summed E-state index contributed by atoms with van der Waals surface area (Å²) < 4.78 is 12.0. The molecule has 0 aromatic rings. The molecule has 0 aliphatic heterocycles. The van der Waals surface area contributed by atoms with Crippen LogP contribution in [0.2, 0.25) is 8.87 Å². The predicted octanol–water partition coefficient (Wildman–Crippen LogP) is 3.84. The summed E-state index contributed by atoms with van der Waals surface area (Å²) in [4.78, 5) is 23.0. The first kappa shape index (κ1) is 21.4. The monoisotopic (exact) mass is 444 g/mol. The first-order valence-electron chi connectivity index (χ1n) is 7.45. The molecule has 7 heteroatoms. The Hall–Kier alpha value is 0.439. The molecule has 0 radical (unpaired) electrons. The van der Waals surface area contributed by atoms with E-state index in [1.54, 1.807) is 0 Å². The van der Waals surface area contributed by atoms with Gasteiger partial charge in [-0.1, -0.05) is 0 Å². The maximum atomic E-state index is 11.5. The molecule has 0 saturated carbocycles. The molecule has 4 nitrogen and oxygen atoms in total. The summed E-state index contributed by atoms with van der Waals surface area (Å²) in [6.45, 7) is 4.37. The first-order valence-corrected chi connectivity index (χ1v) is 20.4. The molecule has 0 spiro atoms. The van der Waals surface area contributed by atoms with Gasteiger partial charge in [0.05, 0.1) is 0 Å². The molecule has 0 rings (SSSR count). The summed E-state index contributed by atoms with van der Waals surface area (Å²) in [5, 5.41) is 0. The van der Waals surface area contributed by atoms with Gasteiger partial charge in [0, 0.05) is 0 Å². The molecular formula is C14H28O4S2Sn. The van der Waals surface area contributed by atoms with Gasteiger partial charge in [-0.2, -0.15) is 0 Å². The van der Waals surface area contributed by atoms with Crippen LogP contribution in [0.25, 0.3) is 0 Å². The summed E-state index contributed by atoms with van der Waals surface area (Å²) in [6.07, 6.45) is 4.68. The van der Waals surface area contributed by atoms with Crippen molar-refractivity contribution in [3.8, 4) is 0 Å². The van der Waals surface area contributed by atoms with Gasteiger partial charge in [0.25, 0.3) is 0 Å². The van der Waals surface area contributed by atoms with Crippen molar-refractivity contribution in [2.24, 2.45) is 0 Å². The van der Waals surface area contributed by atoms with Crippen LogP contribution in [0.1, 0.15) is 39.5 Å². The van der Waals surface area contributed by atoms with Crippen molar-refractivity contribution < 1.29 is 19.1 Å². The van der Waals surface area contributed by atoms with Crippen molar-refractivity contribution >= 4 is 45.4 Å². The molecular weight excluding hydrogens is 415 g/mol. The van der Waals surface area contributed by atoms with E-state index in [2.05, 4.69) is 13.8 Å². The van der Waals surface area contributed by atoms with E-state index in [9.17, 15) is 9.59 Å². The number of hydrogen-bond donors (Lipinski definition) is 0. The molecule has 0 aliphatic carbocycles. The zero-order chi connectivity index (χ0) is 16.1. The van der Waals surface area contributed by atoms with Crippen molar-refractivity contribution in [2.75, 3.05) is 25.7 Å². The van der Waals surface area contributed by atoms with Crippen molar-refractivity contribution in [3.05, 3.63) is 0 Å². The molecule has 0 atom stereocenters. The second-order valence-electron chi connectivity index (χ2n) is 4.85. The molecule has 21 heavy (non-hydrogen) atoms. The third kappa shape index (κ3) is 9.94. The Labute approximate surface area is 138 Å². The van der Waals surface area contributed by atoms with Gasteiger partial charge < -0.3 is 0 Å². The van der Waals surface area contributed by atoms with Crippen LogP contribution in [0.5, 0.6) is 0 Å². The fourth-order valence-corrected chi connectivity index (χ4v) is 29.4. The zero-order valence-electron chi connectivity index (χ0n) is 13.6. The van der Waals surface area contributed by atoms with Gasteiger partial charge in [0.1, 0.15) is 0 Å². The minimum absolute atomic E-state index is 0.160. The van der Waals surface area contributed by atoms with Crippen molar-refractivity contribution in [1.82, 2.24) is 0 Å². The van der Waals surface area contributed by atoms with Gasteiger partial charge in [-0.15, -0.1) is 0 Å². The molecule has 0 aromatic carbocycles. The average molecular weight is 443 g/mol. The molecule has 0 N–H and O–H groups in total. The Morgan fingerprint density at radius 3 is 1.52 bits per heavy atom. The molecule has 0 heterocycles. The standard InChI is InChI=1S/2C4H9.2C3H6O2S.Sn/c2*1-3-4-2;2*1-5-3(4)2-6;/h2*1,3-4H2,2H3;2*6H,2H2,1H3;/q;;;;+2/p-2. The molecule has 0 amide bonds. The average Bonchev–Trinajstić information content (AvgIpc) is 2.52. The molecule has 0 bridgehead atoms. The number of carbonyl (C=O) groups excluding carboxylic acids is 2. The van der Waals surface area contributed by atoms with Crippen molar-refractivity contribution in [1.29, 1.82) is 0 Å². The number of methoxy groups -OCH3 is 2. The van der Waals surface area contributed by atoms with Gasteiger partial charge in [0.15, 0.2) is 0 Å². The Morgan fingerprint density at radius 1 is 0.857 bits per heavy atom. The Bertz CT molecular complexity index is 283. The van der Waals surface area contributed by atoms with E-state index in [1.807, 2.05) is 17.9 Å². The van der Waals surface area contributed by atoms with Crippen LogP contribution < -0.4 is 0 Å². The number of rotatable bonds is 12. The van der Waals surface area contributed by atoms with Gasteiger partial charge in [-0.05, 0) is 0 Å². The maximum absolute atomic E-state index is 11.5. The molecule has 0 unspecified atom stereocenters. The quantitative estimate of drug-likeness (QED) is 0.338. The molecule has 0 saturated heterocycles. The van der Waals surface area contributed by atoms with Gasteiger partial charge in [-0.25, -0.2) is 0 Å². The van der Waals surface area contributed by atoms with Crippen LogP contribution in [-0.2, 0) is 19.1 Å². The third-order valence-corrected chi connectivity index (χ3v) is 33.1. The number of esters is 2. The van der Waals surface area contributed by atoms with Crippen molar-refractivity contribution in [2.45, 2.75) is 48.4 Å². The second-order valence-corrected chi connectivity index (χ2v) is 31.2. The number of unbranched alkanes of at least 4 members (excludes halogenated alkanes) is 2. The zero-order valence-corrected chi connectivity index (χ0v) is 18.1. The summed E-state index contributed by atoms with van der Waals surface area (Å²) in [6, 6.07) is 0. The Morgan fingerprint density at radius 2 is 1.24 bits per heavy atom. The van der Waals surface area contributed by atoms with E-state index in [0.29, 0.717) is 11.5 Å². The van der Waals surface area contributed by atoms with Crippen LogP contribution >= 0.6 is 17.9 Å². The van der Waals surface area contributed by atoms with Gasteiger partial charge >= 0.3 is 139 Å². The topological polar surface area (TPSA) is 52.6 Å². The van der Waals surface area contributed by atoms with E-state index in [4.69, 9.17) is 9.47 Å². The van der Waals surface area contributed by atoms with E-state index < -0.39 is 15.6 Å². The SMILES string of the molecule is CCC[CH2][Sn]([CH2]CCC)([S]CC(=O)OC)[S]CC(=O)OC. The van der Waals surface area contributed by atoms with Crippen LogP contribution in [0.3, 0.4) is 0 Å². The van der Waals surface area contributed by atoms with E-state index in [-0.39, 0.29) is 11.9 Å². The number of ether oxygens (including phenoxy) is 2. The Kier molecular flexibility index (Phi) is 13.2. The Balaban J connectivity index is 4.81. The van der Waals surface area contributed by atoms with Gasteiger partial charge in [0.2, 0.25) is 0 Å². The van der Waals surface area contributed by atoms with Gasteiger partial charge in [-0.3, -0.25) is 0 Å². The normalized spacial score (nSPS) is 11.2. The fourth-order valence-electron chi connectivity index (χ4n) is 1.85. The summed E-state index contributed by atoms with van der Waals surface area (Å²) in [7, 11) is 6.51. The van der Waals surface area contributed by atoms with Crippen LogP contribution in [0, 0.1) is 0 Å². The summed E-state index contributed by atoms with van der Waals surface area (Å²) in [5.74, 6) is 0.531. The van der Waals surface area contributed by atoms with Crippen molar-refractivity contribution in [3.63, 3.8) is 0 Å². The predicted molar refractivity (Wildman–Crippen MR) is 94.1 cm³/mol. The second kappa shape index (κ2) is 12.9. The first-order chi connectivity index (χ1) is 10.0. The molecule has 0 aromatic heterocycles. The van der Waals surface area contributed by atoms with E-state index in [1.165, 1.54) is 35.9 Å². The fraction of sp³-hybridized carbons (Fsp3) is 0.857. The third-order valence-electron chi connectivity index (χ3n) is 3.18. The molecule has 0 fully saturated rings. The number of carbonyl (C=O) groups is 2. The summed E-state index contributed by atoms with van der Waals surface area (Å²) in [5.41, 5.74) is 0. The van der Waals surface area contributed by atoms with Crippen LogP contribution in [0.4, 0.5) is 0 Å². The van der Waals surface area contributed by atoms with Crippen LogP contribution in [0.15, 0.2) is 0 Å².